The van der Waals surface area contributed by atoms with Crippen LogP contribution in [-0.4, -0.2) is 0 Å². The summed E-state index contributed by atoms with van der Waals surface area (Å²) in [4.78, 5) is 0. The topological polar surface area (TPSA) is 0 Å². The molecule has 0 aromatic rings. The summed E-state index contributed by atoms with van der Waals surface area (Å²) in [6, 6.07) is 0. The molecule has 4 atom stereocenters. The third-order valence-corrected chi connectivity index (χ3v) is 4.34. The lowest BCUT2D eigenvalue weighted by molar-refractivity contribution is 0.241. The van der Waals surface area contributed by atoms with Crippen molar-refractivity contribution in [1.29, 1.82) is 0 Å². The predicted molar refractivity (Wildman–Crippen MR) is 73.5 cm³/mol. The van der Waals surface area contributed by atoms with E-state index in [0.717, 1.165) is 23.7 Å². The standard InChI is InChI=1S/C16H30/c1-5-7-10-14(4)16-11-8-9-13(3)12-15(16)6-2/h8,11,13-16H,5-7,9-10,12H2,1-4H3. The van der Waals surface area contributed by atoms with Gasteiger partial charge < -0.3 is 0 Å². The van der Waals surface area contributed by atoms with Crippen LogP contribution in [-0.2, 0) is 0 Å². The van der Waals surface area contributed by atoms with Crippen LogP contribution < -0.4 is 0 Å². The molecule has 0 heterocycles. The molecule has 0 saturated carbocycles. The maximum absolute atomic E-state index is 2.54. The van der Waals surface area contributed by atoms with Crippen molar-refractivity contribution >= 4 is 0 Å². The maximum atomic E-state index is 2.54. The second kappa shape index (κ2) is 7.14. The minimum absolute atomic E-state index is 0.849. The van der Waals surface area contributed by atoms with Gasteiger partial charge in [-0.15, -0.1) is 0 Å². The fourth-order valence-corrected chi connectivity index (χ4v) is 3.21. The summed E-state index contributed by atoms with van der Waals surface area (Å²) < 4.78 is 0. The lowest BCUT2D eigenvalue weighted by Crippen LogP contribution is -2.20. The molecule has 0 aromatic carbocycles. The Hall–Kier alpha value is -0.260. The van der Waals surface area contributed by atoms with Crippen LogP contribution in [0.4, 0.5) is 0 Å². The number of rotatable bonds is 5. The molecule has 0 fully saturated rings. The van der Waals surface area contributed by atoms with Crippen molar-refractivity contribution in [1.82, 2.24) is 0 Å². The van der Waals surface area contributed by atoms with Gasteiger partial charge in [-0.2, -0.15) is 0 Å². The molecule has 0 saturated heterocycles. The average Bonchev–Trinajstić information content (AvgIpc) is 2.47. The van der Waals surface area contributed by atoms with Gasteiger partial charge in [-0.1, -0.05) is 65.5 Å². The van der Waals surface area contributed by atoms with Crippen molar-refractivity contribution in [2.75, 3.05) is 0 Å². The molecule has 0 nitrogen and oxygen atoms in total. The summed E-state index contributed by atoms with van der Waals surface area (Å²) in [6.45, 7) is 9.54. The van der Waals surface area contributed by atoms with Crippen LogP contribution >= 0.6 is 0 Å². The summed E-state index contributed by atoms with van der Waals surface area (Å²) in [5, 5.41) is 0. The quantitative estimate of drug-likeness (QED) is 0.543. The second-order valence-electron chi connectivity index (χ2n) is 5.87. The van der Waals surface area contributed by atoms with E-state index in [1.165, 1.54) is 38.5 Å². The first-order valence-electron chi connectivity index (χ1n) is 7.35. The van der Waals surface area contributed by atoms with Crippen molar-refractivity contribution in [2.24, 2.45) is 23.7 Å². The second-order valence-corrected chi connectivity index (χ2v) is 5.87. The Kier molecular flexibility index (Phi) is 6.16. The molecule has 1 aliphatic rings. The molecule has 4 unspecified atom stereocenters. The van der Waals surface area contributed by atoms with Gasteiger partial charge in [-0.05, 0) is 36.5 Å². The summed E-state index contributed by atoms with van der Waals surface area (Å²) in [5.41, 5.74) is 0. The first-order chi connectivity index (χ1) is 7.69. The SMILES string of the molecule is CCCCC(C)C1C=CCC(C)CC1CC. The third-order valence-electron chi connectivity index (χ3n) is 4.34. The number of unbranched alkanes of at least 4 members (excludes halogenated alkanes) is 1. The largest absolute Gasteiger partial charge is 0.0880 e. The van der Waals surface area contributed by atoms with Crippen LogP contribution in [0.3, 0.4) is 0 Å². The van der Waals surface area contributed by atoms with Gasteiger partial charge in [0.15, 0.2) is 0 Å². The van der Waals surface area contributed by atoms with Gasteiger partial charge in [0.2, 0.25) is 0 Å². The third kappa shape index (κ3) is 3.96. The smallest absolute Gasteiger partial charge is 0.0179 e. The molecule has 0 aliphatic heterocycles. The molecule has 0 heteroatoms. The molecular formula is C16H30. The highest BCUT2D eigenvalue weighted by Gasteiger charge is 2.26. The van der Waals surface area contributed by atoms with Crippen LogP contribution in [0.25, 0.3) is 0 Å². The zero-order valence-corrected chi connectivity index (χ0v) is 11.7. The van der Waals surface area contributed by atoms with Crippen molar-refractivity contribution < 1.29 is 0 Å². The molecule has 0 bridgehead atoms. The Bertz CT molecular complexity index is 204. The molecule has 16 heavy (non-hydrogen) atoms. The van der Waals surface area contributed by atoms with E-state index in [1.807, 2.05) is 0 Å². The Labute approximate surface area is 103 Å². The highest BCUT2D eigenvalue weighted by Crippen LogP contribution is 2.36. The highest BCUT2D eigenvalue weighted by atomic mass is 14.3. The Morgan fingerprint density at radius 3 is 2.69 bits per heavy atom. The number of hydrogen-bond donors (Lipinski definition) is 0. The van der Waals surface area contributed by atoms with Crippen LogP contribution in [0.2, 0.25) is 0 Å². The Morgan fingerprint density at radius 2 is 2.06 bits per heavy atom. The van der Waals surface area contributed by atoms with E-state index in [2.05, 4.69) is 39.8 Å². The van der Waals surface area contributed by atoms with E-state index in [1.54, 1.807) is 0 Å². The van der Waals surface area contributed by atoms with Crippen LogP contribution in [0.1, 0.15) is 66.2 Å². The van der Waals surface area contributed by atoms with E-state index in [0.29, 0.717) is 0 Å². The molecule has 94 valence electrons. The lowest BCUT2D eigenvalue weighted by atomic mass is 9.76. The minimum Gasteiger partial charge on any atom is -0.0880 e. The van der Waals surface area contributed by atoms with Crippen molar-refractivity contribution in [2.45, 2.75) is 66.2 Å². The fourth-order valence-electron chi connectivity index (χ4n) is 3.21. The zero-order valence-electron chi connectivity index (χ0n) is 11.7. The molecule has 0 radical (unpaired) electrons. The Morgan fingerprint density at radius 1 is 1.31 bits per heavy atom. The molecule has 1 rings (SSSR count). The van der Waals surface area contributed by atoms with Crippen LogP contribution in [0, 0.1) is 23.7 Å². The van der Waals surface area contributed by atoms with Gasteiger partial charge in [0.25, 0.3) is 0 Å². The van der Waals surface area contributed by atoms with Crippen molar-refractivity contribution in [3.8, 4) is 0 Å². The van der Waals surface area contributed by atoms with Gasteiger partial charge in [0.05, 0.1) is 0 Å². The highest BCUT2D eigenvalue weighted by molar-refractivity contribution is 4.97. The van der Waals surface area contributed by atoms with Crippen LogP contribution in [0.5, 0.6) is 0 Å². The average molecular weight is 222 g/mol. The van der Waals surface area contributed by atoms with E-state index < -0.39 is 0 Å². The number of allylic oxidation sites excluding steroid dienone is 2. The summed E-state index contributed by atoms with van der Waals surface area (Å²) >= 11 is 0. The molecule has 0 amide bonds. The Balaban J connectivity index is 2.59. The minimum atomic E-state index is 0.849. The maximum Gasteiger partial charge on any atom is -0.0179 e. The van der Waals surface area contributed by atoms with Gasteiger partial charge in [-0.3, -0.25) is 0 Å². The normalized spacial score (nSPS) is 32.4. The van der Waals surface area contributed by atoms with Gasteiger partial charge in [-0.25, -0.2) is 0 Å². The lowest BCUT2D eigenvalue weighted by Gasteiger charge is -2.29. The van der Waals surface area contributed by atoms with E-state index >= 15 is 0 Å². The van der Waals surface area contributed by atoms with Gasteiger partial charge in [0, 0.05) is 0 Å². The fraction of sp³-hybridized carbons (Fsp3) is 0.875. The van der Waals surface area contributed by atoms with Crippen molar-refractivity contribution in [3.05, 3.63) is 12.2 Å². The summed E-state index contributed by atoms with van der Waals surface area (Å²) in [7, 11) is 0. The van der Waals surface area contributed by atoms with E-state index in [4.69, 9.17) is 0 Å². The van der Waals surface area contributed by atoms with Gasteiger partial charge >= 0.3 is 0 Å². The number of hydrogen-bond acceptors (Lipinski definition) is 0. The van der Waals surface area contributed by atoms with Crippen molar-refractivity contribution in [3.63, 3.8) is 0 Å². The molecular weight excluding hydrogens is 192 g/mol. The van der Waals surface area contributed by atoms with Gasteiger partial charge in [0.1, 0.15) is 0 Å². The van der Waals surface area contributed by atoms with E-state index in [9.17, 15) is 0 Å². The molecule has 0 spiro atoms. The molecule has 0 aromatic heterocycles. The first-order valence-corrected chi connectivity index (χ1v) is 7.35. The monoisotopic (exact) mass is 222 g/mol. The predicted octanol–water partition coefficient (Wildman–Crippen LogP) is 5.44. The summed E-state index contributed by atoms with van der Waals surface area (Å²) in [6.07, 6.45) is 13.2. The van der Waals surface area contributed by atoms with Crippen LogP contribution in [0.15, 0.2) is 12.2 Å². The van der Waals surface area contributed by atoms with E-state index in [-0.39, 0.29) is 0 Å². The summed E-state index contributed by atoms with van der Waals surface area (Å²) in [5.74, 6) is 3.55. The molecule has 0 N–H and O–H groups in total. The zero-order chi connectivity index (χ0) is 12.0. The first kappa shape index (κ1) is 13.8. The molecule has 1 aliphatic carbocycles.